The van der Waals surface area contributed by atoms with E-state index in [0.29, 0.717) is 15.6 Å². The van der Waals surface area contributed by atoms with Crippen molar-refractivity contribution in [3.8, 4) is 5.75 Å². The normalized spacial score (nSPS) is 34.2. The van der Waals surface area contributed by atoms with Crippen LogP contribution in [0, 0.1) is 21.3 Å². The van der Waals surface area contributed by atoms with Crippen molar-refractivity contribution in [2.45, 2.75) is 30.6 Å². The highest BCUT2D eigenvalue weighted by atomic mass is 127. The molecule has 32 heavy (non-hydrogen) atoms. The van der Waals surface area contributed by atoms with E-state index in [2.05, 4.69) is 0 Å². The number of amides is 1. The molecule has 6 atom stereocenters. The quantitative estimate of drug-likeness (QED) is 0.120. The zero-order valence-corrected chi connectivity index (χ0v) is 19.5. The largest absolute Gasteiger partial charge is 0.508 e. The first kappa shape index (κ1) is 23.0. The van der Waals surface area contributed by atoms with Crippen LogP contribution in [-0.4, -0.2) is 74.6 Å². The summed E-state index contributed by atoms with van der Waals surface area (Å²) >= 11 is 1.95. The van der Waals surface area contributed by atoms with Crippen molar-refractivity contribution in [2.24, 2.45) is 23.5 Å². The van der Waals surface area contributed by atoms with E-state index in [0.717, 1.165) is 0 Å². The molecular weight excluding hydrogens is 533 g/mol. The van der Waals surface area contributed by atoms with E-state index in [4.69, 9.17) is 11.5 Å². The number of primary amides is 1. The first-order valence-corrected chi connectivity index (χ1v) is 11.1. The Morgan fingerprint density at radius 1 is 1.25 bits per heavy atom. The minimum Gasteiger partial charge on any atom is -0.508 e. The standard InChI is InChI=1S/C21H24IN3O7/c1-25(2)14-8-4-6-3-7-5-9(22)13(23)16(27)10(7)15(26)11(6)18(29)21(8,32)19(30)12(17(14)28)20(24)31/h5-6,8,11,14,18,27,29-30,32H,3-4,23H2,1-2H3,(H2,24,31)/t6?,8?,11?,14-,18?,21-/m0/s1. The number of aliphatic hydroxyl groups is 3. The number of aliphatic hydroxyl groups excluding tert-OH is 2. The first-order chi connectivity index (χ1) is 14.8. The lowest BCUT2D eigenvalue weighted by atomic mass is 9.54. The average Bonchev–Trinajstić information content (AvgIpc) is 2.68. The zero-order chi connectivity index (χ0) is 23.9. The van der Waals surface area contributed by atoms with Crippen LogP contribution in [0.15, 0.2) is 17.4 Å². The molecule has 1 fully saturated rings. The van der Waals surface area contributed by atoms with Crippen LogP contribution >= 0.6 is 22.6 Å². The van der Waals surface area contributed by atoms with Gasteiger partial charge < -0.3 is 31.9 Å². The van der Waals surface area contributed by atoms with Gasteiger partial charge in [-0.05, 0) is 67.1 Å². The number of anilines is 1. The molecular formula is C21H24IN3O7. The summed E-state index contributed by atoms with van der Waals surface area (Å²) in [6.07, 6.45) is -1.45. The molecule has 1 saturated carbocycles. The number of Topliss-reactive ketones (excluding diaryl/α,β-unsaturated/α-hetero) is 2. The van der Waals surface area contributed by atoms with Gasteiger partial charge in [0.05, 0.1) is 23.2 Å². The summed E-state index contributed by atoms with van der Waals surface area (Å²) in [4.78, 5) is 39.9. The van der Waals surface area contributed by atoms with Gasteiger partial charge in [-0.15, -0.1) is 0 Å². The number of ketones is 2. The van der Waals surface area contributed by atoms with Crippen LogP contribution in [0.2, 0.25) is 0 Å². The van der Waals surface area contributed by atoms with Crippen LogP contribution in [0.25, 0.3) is 0 Å². The molecule has 3 aliphatic rings. The summed E-state index contributed by atoms with van der Waals surface area (Å²) in [5, 5.41) is 44.1. The SMILES string of the molecule is CN(C)[C@@H]1C(=O)C(C(N)=O)=C(O)[C@@]2(O)C(O)C3C(=O)c4c(cc(I)c(N)c4O)CC3CC12. The average molecular weight is 557 g/mol. The number of likely N-dealkylation sites (N-methyl/N-ethyl adjacent to an activating group) is 1. The lowest BCUT2D eigenvalue weighted by molar-refractivity contribution is -0.183. The highest BCUT2D eigenvalue weighted by Crippen LogP contribution is 2.54. The molecule has 3 aliphatic carbocycles. The van der Waals surface area contributed by atoms with E-state index in [1.807, 2.05) is 22.6 Å². The topological polar surface area (TPSA) is 187 Å². The third-order valence-corrected chi connectivity index (χ3v) is 8.03. The van der Waals surface area contributed by atoms with Crippen LogP contribution < -0.4 is 11.5 Å². The monoisotopic (exact) mass is 557 g/mol. The van der Waals surface area contributed by atoms with Crippen LogP contribution in [-0.2, 0) is 16.0 Å². The molecule has 11 heteroatoms. The van der Waals surface area contributed by atoms with E-state index in [9.17, 15) is 34.8 Å². The van der Waals surface area contributed by atoms with Gasteiger partial charge in [0.2, 0.25) is 0 Å². The second kappa shape index (κ2) is 7.40. The number of hydrogen-bond acceptors (Lipinski definition) is 9. The fourth-order valence-corrected chi connectivity index (χ4v) is 6.36. The maximum Gasteiger partial charge on any atom is 0.255 e. The molecule has 0 aliphatic heterocycles. The van der Waals surface area contributed by atoms with E-state index in [1.54, 1.807) is 20.2 Å². The minimum atomic E-state index is -2.45. The lowest BCUT2D eigenvalue weighted by Crippen LogP contribution is -2.69. The minimum absolute atomic E-state index is 0.0279. The Hall–Kier alpha value is -2.22. The number of fused-ring (bicyclic) bond motifs is 3. The molecule has 0 spiro atoms. The third-order valence-electron chi connectivity index (χ3n) is 7.14. The smallest absolute Gasteiger partial charge is 0.255 e. The van der Waals surface area contributed by atoms with Gasteiger partial charge >= 0.3 is 0 Å². The fraction of sp³-hybridized carbons (Fsp3) is 0.476. The van der Waals surface area contributed by atoms with Crippen LogP contribution in [0.4, 0.5) is 5.69 Å². The first-order valence-electron chi connectivity index (χ1n) is 10.0. The van der Waals surface area contributed by atoms with Crippen LogP contribution in [0.1, 0.15) is 22.3 Å². The number of nitrogen functional groups attached to an aromatic ring is 1. The van der Waals surface area contributed by atoms with Gasteiger partial charge in [0, 0.05) is 9.49 Å². The molecule has 4 unspecified atom stereocenters. The molecule has 4 rings (SSSR count). The van der Waals surface area contributed by atoms with Gasteiger partial charge in [-0.25, -0.2) is 0 Å². The lowest BCUT2D eigenvalue weighted by Gasteiger charge is -2.55. The number of aromatic hydroxyl groups is 1. The number of carbonyl (C=O) groups excluding carboxylic acids is 3. The molecule has 0 bridgehead atoms. The molecule has 0 heterocycles. The summed E-state index contributed by atoms with van der Waals surface area (Å²) in [5.74, 6) is -6.69. The third kappa shape index (κ3) is 2.84. The van der Waals surface area contributed by atoms with Gasteiger partial charge in [-0.3, -0.25) is 19.3 Å². The Morgan fingerprint density at radius 2 is 1.88 bits per heavy atom. The maximum atomic E-state index is 13.4. The number of rotatable bonds is 2. The molecule has 0 saturated heterocycles. The molecule has 1 amide bonds. The molecule has 0 radical (unpaired) electrons. The summed E-state index contributed by atoms with van der Waals surface area (Å²) in [6.45, 7) is 0. The summed E-state index contributed by atoms with van der Waals surface area (Å²) < 4.78 is 0.573. The van der Waals surface area contributed by atoms with Crippen molar-refractivity contribution >= 4 is 45.8 Å². The van der Waals surface area contributed by atoms with Crippen molar-refractivity contribution in [1.29, 1.82) is 0 Å². The number of hydrogen-bond donors (Lipinski definition) is 6. The number of phenolic OH excluding ortho intramolecular Hbond substituents is 1. The molecule has 10 nitrogen and oxygen atoms in total. The van der Waals surface area contributed by atoms with E-state index in [1.165, 1.54) is 4.90 Å². The molecule has 0 aromatic heterocycles. The molecule has 172 valence electrons. The Kier molecular flexibility index (Phi) is 5.31. The van der Waals surface area contributed by atoms with E-state index in [-0.39, 0.29) is 23.4 Å². The van der Waals surface area contributed by atoms with Gasteiger partial charge in [-0.2, -0.15) is 0 Å². The van der Waals surface area contributed by atoms with E-state index < -0.39 is 64.3 Å². The van der Waals surface area contributed by atoms with Crippen LogP contribution in [0.3, 0.4) is 0 Å². The summed E-state index contributed by atoms with van der Waals surface area (Å²) in [6, 6.07) is 0.648. The molecule has 8 N–H and O–H groups in total. The predicted octanol–water partition coefficient (Wildman–Crippen LogP) is -0.528. The summed E-state index contributed by atoms with van der Waals surface area (Å²) in [7, 11) is 3.15. The summed E-state index contributed by atoms with van der Waals surface area (Å²) in [5.41, 5.74) is 8.51. The van der Waals surface area contributed by atoms with Gasteiger partial charge in [-0.1, -0.05) is 0 Å². The second-order valence-corrected chi connectivity index (χ2v) is 10.1. The number of nitrogens with zero attached hydrogens (tertiary/aromatic N) is 1. The van der Waals surface area contributed by atoms with E-state index >= 15 is 0 Å². The number of carbonyl (C=O) groups is 3. The number of phenols is 1. The Balaban J connectivity index is 1.91. The van der Waals surface area contributed by atoms with Crippen molar-refractivity contribution in [1.82, 2.24) is 4.90 Å². The van der Waals surface area contributed by atoms with Crippen molar-refractivity contribution in [2.75, 3.05) is 19.8 Å². The Labute approximate surface area is 197 Å². The second-order valence-electron chi connectivity index (χ2n) is 8.98. The Bertz CT molecular complexity index is 1100. The van der Waals surface area contributed by atoms with Crippen molar-refractivity contribution in [3.05, 3.63) is 32.1 Å². The van der Waals surface area contributed by atoms with Crippen molar-refractivity contribution < 1.29 is 34.8 Å². The number of halogens is 1. The highest BCUT2D eigenvalue weighted by Gasteiger charge is 2.65. The fourth-order valence-electron chi connectivity index (χ4n) is 5.72. The maximum absolute atomic E-state index is 13.4. The predicted molar refractivity (Wildman–Crippen MR) is 121 cm³/mol. The number of benzene rings is 1. The van der Waals surface area contributed by atoms with Crippen molar-refractivity contribution in [3.63, 3.8) is 0 Å². The van der Waals surface area contributed by atoms with Crippen LogP contribution in [0.5, 0.6) is 5.75 Å². The van der Waals surface area contributed by atoms with Gasteiger partial charge in [0.25, 0.3) is 5.91 Å². The van der Waals surface area contributed by atoms with Gasteiger partial charge in [0.1, 0.15) is 17.4 Å². The zero-order valence-electron chi connectivity index (χ0n) is 17.4. The highest BCUT2D eigenvalue weighted by molar-refractivity contribution is 14.1. The Morgan fingerprint density at radius 3 is 2.44 bits per heavy atom. The molecule has 1 aromatic rings. The van der Waals surface area contributed by atoms with Gasteiger partial charge in [0.15, 0.2) is 22.9 Å². The number of nitrogens with two attached hydrogens (primary N) is 2. The molecule has 1 aromatic carbocycles.